The van der Waals surface area contributed by atoms with Gasteiger partial charge < -0.3 is 10.3 Å². The van der Waals surface area contributed by atoms with Crippen LogP contribution in [0.2, 0.25) is 0 Å². The largest absolute Gasteiger partial charge is 0.334 e. The molecule has 0 fully saturated rings. The molecule has 2 aromatic heterocycles. The number of nitrogens with two attached hydrogens (primary N) is 1. The van der Waals surface area contributed by atoms with Crippen LogP contribution in [-0.2, 0) is 13.0 Å². The van der Waals surface area contributed by atoms with E-state index in [2.05, 4.69) is 40.5 Å². The summed E-state index contributed by atoms with van der Waals surface area (Å²) in [7, 11) is 0. The number of aromatic amines is 1. The van der Waals surface area contributed by atoms with E-state index >= 15 is 0 Å². The van der Waals surface area contributed by atoms with Crippen LogP contribution in [0.5, 0.6) is 0 Å². The molecule has 0 bridgehead atoms. The van der Waals surface area contributed by atoms with Gasteiger partial charge in [0, 0.05) is 36.6 Å². The summed E-state index contributed by atoms with van der Waals surface area (Å²) in [5, 5.41) is 7.04. The first-order valence-corrected chi connectivity index (χ1v) is 7.32. The standard InChI is InChI=1S/C15H25N5/c1-11(2)14(7-16)15-9-17-10-20(15)6-4-5-13-8-18-19-12(13)3/h8-11,14H,4-7,16H2,1-3H3,(H,18,19). The molecule has 5 nitrogen and oxygen atoms in total. The van der Waals surface area contributed by atoms with Crippen LogP contribution < -0.4 is 5.73 Å². The summed E-state index contributed by atoms with van der Waals surface area (Å²) in [6.07, 6.45) is 7.91. The van der Waals surface area contributed by atoms with E-state index < -0.39 is 0 Å². The number of hydrogen-bond donors (Lipinski definition) is 2. The average Bonchev–Trinajstić information content (AvgIpc) is 3.01. The van der Waals surface area contributed by atoms with Crippen molar-refractivity contribution in [3.63, 3.8) is 0 Å². The Morgan fingerprint density at radius 2 is 2.15 bits per heavy atom. The second-order valence-electron chi connectivity index (χ2n) is 5.72. The van der Waals surface area contributed by atoms with Gasteiger partial charge in [-0.1, -0.05) is 13.8 Å². The molecular weight excluding hydrogens is 250 g/mol. The van der Waals surface area contributed by atoms with Crippen LogP contribution in [0.15, 0.2) is 18.7 Å². The number of rotatable bonds is 7. The second kappa shape index (κ2) is 6.70. The van der Waals surface area contributed by atoms with Gasteiger partial charge in [0.05, 0.1) is 12.5 Å². The zero-order valence-electron chi connectivity index (χ0n) is 12.6. The highest BCUT2D eigenvalue weighted by molar-refractivity contribution is 5.14. The van der Waals surface area contributed by atoms with Crippen molar-refractivity contribution in [3.8, 4) is 0 Å². The Bertz CT molecular complexity index is 526. The van der Waals surface area contributed by atoms with Crippen LogP contribution in [-0.4, -0.2) is 26.3 Å². The fraction of sp³-hybridized carbons (Fsp3) is 0.600. The quantitative estimate of drug-likeness (QED) is 0.814. The Hall–Kier alpha value is -1.62. The van der Waals surface area contributed by atoms with E-state index in [-0.39, 0.29) is 0 Å². The summed E-state index contributed by atoms with van der Waals surface area (Å²) >= 11 is 0. The van der Waals surface area contributed by atoms with Gasteiger partial charge in [0.2, 0.25) is 0 Å². The lowest BCUT2D eigenvalue weighted by Gasteiger charge is -2.20. The average molecular weight is 275 g/mol. The molecule has 0 aromatic carbocycles. The van der Waals surface area contributed by atoms with Gasteiger partial charge >= 0.3 is 0 Å². The van der Waals surface area contributed by atoms with Gasteiger partial charge in [-0.25, -0.2) is 4.98 Å². The minimum Gasteiger partial charge on any atom is -0.334 e. The van der Waals surface area contributed by atoms with Crippen molar-refractivity contribution in [2.24, 2.45) is 11.7 Å². The predicted octanol–water partition coefficient (Wildman–Crippen LogP) is 2.25. The Morgan fingerprint density at radius 1 is 1.35 bits per heavy atom. The Labute approximate surface area is 120 Å². The van der Waals surface area contributed by atoms with Crippen LogP contribution >= 0.6 is 0 Å². The molecule has 0 radical (unpaired) electrons. The molecule has 20 heavy (non-hydrogen) atoms. The summed E-state index contributed by atoms with van der Waals surface area (Å²) in [5.41, 5.74) is 9.62. The number of nitrogens with zero attached hydrogens (tertiary/aromatic N) is 3. The molecule has 1 atom stereocenters. The van der Waals surface area contributed by atoms with Crippen molar-refractivity contribution >= 4 is 0 Å². The number of aromatic nitrogens is 4. The first kappa shape index (κ1) is 14.8. The third kappa shape index (κ3) is 3.28. The SMILES string of the molecule is Cc1[nH]ncc1CCCn1cncc1C(CN)C(C)C. The van der Waals surface area contributed by atoms with E-state index in [1.54, 1.807) is 0 Å². The van der Waals surface area contributed by atoms with Gasteiger partial charge in [-0.2, -0.15) is 5.10 Å². The highest BCUT2D eigenvalue weighted by atomic mass is 15.1. The molecule has 0 amide bonds. The van der Waals surface area contributed by atoms with E-state index in [0.717, 1.165) is 25.1 Å². The Kier molecular flexibility index (Phi) is 4.95. The van der Waals surface area contributed by atoms with Crippen LogP contribution in [0, 0.1) is 12.8 Å². The molecule has 110 valence electrons. The molecule has 5 heteroatoms. The number of aryl methyl sites for hydroxylation is 3. The molecular formula is C15H25N5. The summed E-state index contributed by atoms with van der Waals surface area (Å²) in [6, 6.07) is 0. The fourth-order valence-corrected chi connectivity index (χ4v) is 2.63. The molecule has 2 aromatic rings. The van der Waals surface area contributed by atoms with Crippen molar-refractivity contribution in [3.05, 3.63) is 35.7 Å². The molecule has 0 aliphatic carbocycles. The van der Waals surface area contributed by atoms with Gasteiger partial charge in [0.15, 0.2) is 0 Å². The lowest BCUT2D eigenvalue weighted by molar-refractivity contribution is 0.468. The first-order valence-electron chi connectivity index (χ1n) is 7.32. The summed E-state index contributed by atoms with van der Waals surface area (Å²) in [6.45, 7) is 8.13. The summed E-state index contributed by atoms with van der Waals surface area (Å²) in [5.74, 6) is 0.916. The van der Waals surface area contributed by atoms with E-state index in [1.807, 2.05) is 18.7 Å². The molecule has 0 saturated carbocycles. The smallest absolute Gasteiger partial charge is 0.0948 e. The molecule has 2 heterocycles. The predicted molar refractivity (Wildman–Crippen MR) is 80.5 cm³/mol. The first-order chi connectivity index (χ1) is 9.63. The van der Waals surface area contributed by atoms with Crippen molar-refractivity contribution in [2.75, 3.05) is 6.54 Å². The van der Waals surface area contributed by atoms with E-state index in [0.29, 0.717) is 18.4 Å². The van der Waals surface area contributed by atoms with Gasteiger partial charge in [-0.3, -0.25) is 5.10 Å². The molecule has 0 saturated heterocycles. The van der Waals surface area contributed by atoms with Gasteiger partial charge in [0.25, 0.3) is 0 Å². The highest BCUT2D eigenvalue weighted by Crippen LogP contribution is 2.23. The molecule has 2 rings (SSSR count). The summed E-state index contributed by atoms with van der Waals surface area (Å²) in [4.78, 5) is 4.30. The minimum atomic E-state index is 0.383. The third-order valence-electron chi connectivity index (χ3n) is 3.96. The molecule has 1 unspecified atom stereocenters. The zero-order chi connectivity index (χ0) is 14.5. The minimum absolute atomic E-state index is 0.383. The number of hydrogen-bond acceptors (Lipinski definition) is 3. The van der Waals surface area contributed by atoms with Crippen molar-refractivity contribution in [1.82, 2.24) is 19.7 Å². The van der Waals surface area contributed by atoms with E-state index in [1.165, 1.54) is 11.3 Å². The molecule has 3 N–H and O–H groups in total. The lowest BCUT2D eigenvalue weighted by atomic mass is 9.93. The van der Waals surface area contributed by atoms with Crippen LogP contribution in [0.4, 0.5) is 0 Å². The normalized spacial score (nSPS) is 13.1. The Morgan fingerprint density at radius 3 is 2.75 bits per heavy atom. The van der Waals surface area contributed by atoms with Crippen LogP contribution in [0.25, 0.3) is 0 Å². The van der Waals surface area contributed by atoms with Crippen LogP contribution in [0.1, 0.15) is 43.1 Å². The fourth-order valence-electron chi connectivity index (χ4n) is 2.63. The highest BCUT2D eigenvalue weighted by Gasteiger charge is 2.18. The van der Waals surface area contributed by atoms with Gasteiger partial charge in [-0.05, 0) is 31.2 Å². The Balaban J connectivity index is 1.97. The molecule has 0 aliphatic heterocycles. The maximum Gasteiger partial charge on any atom is 0.0948 e. The van der Waals surface area contributed by atoms with E-state index in [4.69, 9.17) is 5.73 Å². The number of nitrogens with one attached hydrogen (secondary N) is 1. The van der Waals surface area contributed by atoms with Gasteiger partial charge in [0.1, 0.15) is 0 Å². The van der Waals surface area contributed by atoms with Crippen molar-refractivity contribution < 1.29 is 0 Å². The lowest BCUT2D eigenvalue weighted by Crippen LogP contribution is -2.21. The maximum atomic E-state index is 5.91. The number of imidazole rings is 1. The van der Waals surface area contributed by atoms with E-state index in [9.17, 15) is 0 Å². The van der Waals surface area contributed by atoms with Crippen molar-refractivity contribution in [2.45, 2.75) is 46.1 Å². The molecule has 0 aliphatic rings. The van der Waals surface area contributed by atoms with Crippen molar-refractivity contribution in [1.29, 1.82) is 0 Å². The molecule has 0 spiro atoms. The maximum absolute atomic E-state index is 5.91. The van der Waals surface area contributed by atoms with Crippen LogP contribution in [0.3, 0.4) is 0 Å². The van der Waals surface area contributed by atoms with Gasteiger partial charge in [-0.15, -0.1) is 0 Å². The topological polar surface area (TPSA) is 72.5 Å². The second-order valence-corrected chi connectivity index (χ2v) is 5.72. The third-order valence-corrected chi connectivity index (χ3v) is 3.96. The number of H-pyrrole nitrogens is 1. The zero-order valence-corrected chi connectivity index (χ0v) is 12.6. The monoisotopic (exact) mass is 275 g/mol. The summed E-state index contributed by atoms with van der Waals surface area (Å²) < 4.78 is 2.24.